The van der Waals surface area contributed by atoms with Crippen LogP contribution in [0.5, 0.6) is 0 Å². The van der Waals surface area contributed by atoms with Gasteiger partial charge in [-0.25, -0.2) is 4.79 Å². The van der Waals surface area contributed by atoms with Crippen LogP contribution in [-0.4, -0.2) is 35.3 Å². The summed E-state index contributed by atoms with van der Waals surface area (Å²) in [4.78, 5) is 36.5. The van der Waals surface area contributed by atoms with E-state index < -0.39 is 0 Å². The Morgan fingerprint density at radius 2 is 1.83 bits per heavy atom. The van der Waals surface area contributed by atoms with Crippen molar-refractivity contribution in [3.8, 4) is 0 Å². The molecule has 0 aromatic heterocycles. The van der Waals surface area contributed by atoms with Gasteiger partial charge in [0.1, 0.15) is 0 Å². The number of hydrogen-bond acceptors (Lipinski definition) is 3. The van der Waals surface area contributed by atoms with Gasteiger partial charge >= 0.3 is 6.03 Å². The summed E-state index contributed by atoms with van der Waals surface area (Å²) in [5, 5.41) is 5.56. The van der Waals surface area contributed by atoms with Crippen LogP contribution in [-0.2, 0) is 11.3 Å². The lowest BCUT2D eigenvalue weighted by Crippen LogP contribution is -2.36. The molecule has 3 rings (SSSR count). The SMILES string of the molecule is O=C(NC1CCCCC1)c1ccc(CN2C(=O)CNC2=O)cc1. The van der Waals surface area contributed by atoms with E-state index in [1.54, 1.807) is 24.3 Å². The lowest BCUT2D eigenvalue weighted by Gasteiger charge is -2.22. The highest BCUT2D eigenvalue weighted by Crippen LogP contribution is 2.18. The predicted molar refractivity (Wildman–Crippen MR) is 84.7 cm³/mol. The molecule has 2 aliphatic rings. The Hall–Kier alpha value is -2.37. The molecule has 23 heavy (non-hydrogen) atoms. The van der Waals surface area contributed by atoms with Gasteiger partial charge in [-0.1, -0.05) is 31.4 Å². The van der Waals surface area contributed by atoms with Crippen molar-refractivity contribution < 1.29 is 14.4 Å². The van der Waals surface area contributed by atoms with E-state index in [2.05, 4.69) is 10.6 Å². The molecule has 1 saturated heterocycles. The molecule has 1 saturated carbocycles. The van der Waals surface area contributed by atoms with Crippen molar-refractivity contribution in [2.24, 2.45) is 0 Å². The Morgan fingerprint density at radius 3 is 2.43 bits per heavy atom. The predicted octanol–water partition coefficient (Wildman–Crippen LogP) is 1.80. The Kier molecular flexibility index (Phi) is 4.60. The standard InChI is InChI=1S/C17H21N3O3/c21-15-10-18-17(23)20(15)11-12-6-8-13(9-7-12)16(22)19-14-4-2-1-3-5-14/h6-9,14H,1-5,10-11H2,(H,18,23)(H,19,22). The first kappa shape index (κ1) is 15.5. The van der Waals surface area contributed by atoms with Crippen LogP contribution in [0.25, 0.3) is 0 Å². The molecule has 0 bridgehead atoms. The second kappa shape index (κ2) is 6.81. The number of rotatable bonds is 4. The molecule has 2 N–H and O–H groups in total. The summed E-state index contributed by atoms with van der Waals surface area (Å²) in [6.45, 7) is 0.288. The van der Waals surface area contributed by atoms with Crippen molar-refractivity contribution in [3.63, 3.8) is 0 Å². The highest BCUT2D eigenvalue weighted by Gasteiger charge is 2.28. The molecule has 0 spiro atoms. The fourth-order valence-corrected chi connectivity index (χ4v) is 3.08. The van der Waals surface area contributed by atoms with Gasteiger partial charge in [-0.2, -0.15) is 0 Å². The van der Waals surface area contributed by atoms with Crippen LogP contribution in [0.1, 0.15) is 48.0 Å². The van der Waals surface area contributed by atoms with Crippen LogP contribution in [0, 0.1) is 0 Å². The molecule has 0 atom stereocenters. The van der Waals surface area contributed by atoms with Crippen molar-refractivity contribution in [3.05, 3.63) is 35.4 Å². The van der Waals surface area contributed by atoms with E-state index in [0.717, 1.165) is 18.4 Å². The van der Waals surface area contributed by atoms with Crippen molar-refractivity contribution in [2.45, 2.75) is 44.7 Å². The summed E-state index contributed by atoms with van der Waals surface area (Å²) in [5.41, 5.74) is 1.43. The van der Waals surface area contributed by atoms with Gasteiger partial charge in [0.05, 0.1) is 13.1 Å². The fraction of sp³-hybridized carbons (Fsp3) is 0.471. The molecule has 0 radical (unpaired) electrons. The molecule has 1 aliphatic heterocycles. The fourth-order valence-electron chi connectivity index (χ4n) is 3.08. The van der Waals surface area contributed by atoms with Gasteiger partial charge in [-0.3, -0.25) is 14.5 Å². The largest absolute Gasteiger partial charge is 0.349 e. The number of hydrogen-bond donors (Lipinski definition) is 2. The molecule has 122 valence electrons. The number of amides is 4. The van der Waals surface area contributed by atoms with Gasteiger partial charge in [0.2, 0.25) is 5.91 Å². The van der Waals surface area contributed by atoms with Gasteiger partial charge in [0.25, 0.3) is 5.91 Å². The molecular formula is C17H21N3O3. The number of nitrogens with one attached hydrogen (secondary N) is 2. The number of nitrogens with zero attached hydrogens (tertiary/aromatic N) is 1. The van der Waals surface area contributed by atoms with Crippen LogP contribution in [0.2, 0.25) is 0 Å². The van der Waals surface area contributed by atoms with Crippen molar-refractivity contribution in [1.82, 2.24) is 15.5 Å². The monoisotopic (exact) mass is 315 g/mol. The van der Waals surface area contributed by atoms with Gasteiger partial charge in [-0.05, 0) is 30.5 Å². The molecule has 1 aromatic rings. The van der Waals surface area contributed by atoms with Gasteiger partial charge in [0, 0.05) is 11.6 Å². The van der Waals surface area contributed by atoms with Crippen LogP contribution in [0.3, 0.4) is 0 Å². The van der Waals surface area contributed by atoms with Crippen LogP contribution in [0.15, 0.2) is 24.3 Å². The summed E-state index contributed by atoms with van der Waals surface area (Å²) < 4.78 is 0. The van der Waals surface area contributed by atoms with Crippen LogP contribution < -0.4 is 10.6 Å². The normalized spacial score (nSPS) is 18.9. The Labute approximate surface area is 135 Å². The van der Waals surface area contributed by atoms with Gasteiger partial charge in [0.15, 0.2) is 0 Å². The summed E-state index contributed by atoms with van der Waals surface area (Å²) in [6, 6.07) is 6.97. The molecule has 6 nitrogen and oxygen atoms in total. The number of carbonyl (C=O) groups is 3. The van der Waals surface area contributed by atoms with Gasteiger partial charge in [-0.15, -0.1) is 0 Å². The first-order valence-electron chi connectivity index (χ1n) is 8.11. The lowest BCUT2D eigenvalue weighted by atomic mass is 9.95. The highest BCUT2D eigenvalue weighted by molar-refractivity contribution is 6.01. The maximum atomic E-state index is 12.2. The molecule has 0 unspecified atom stereocenters. The van der Waals surface area contributed by atoms with Crippen LogP contribution in [0.4, 0.5) is 4.79 Å². The minimum absolute atomic E-state index is 0.0563. The summed E-state index contributed by atoms with van der Waals surface area (Å²) >= 11 is 0. The maximum Gasteiger partial charge on any atom is 0.324 e. The first-order chi connectivity index (χ1) is 11.1. The second-order valence-corrected chi connectivity index (χ2v) is 6.14. The highest BCUT2D eigenvalue weighted by atomic mass is 16.2. The Balaban J connectivity index is 1.59. The van der Waals surface area contributed by atoms with E-state index in [-0.39, 0.29) is 37.0 Å². The molecule has 1 aliphatic carbocycles. The molecule has 1 heterocycles. The molecule has 1 aromatic carbocycles. The third-order valence-corrected chi connectivity index (χ3v) is 4.43. The minimum atomic E-state index is -0.367. The van der Waals surface area contributed by atoms with E-state index in [9.17, 15) is 14.4 Å². The Bertz CT molecular complexity index is 590. The van der Waals surface area contributed by atoms with E-state index in [1.165, 1.54) is 24.2 Å². The summed E-state index contributed by atoms with van der Waals surface area (Å²) in [7, 11) is 0. The molecule has 2 fully saturated rings. The van der Waals surface area contributed by atoms with E-state index in [4.69, 9.17) is 0 Å². The zero-order valence-electron chi connectivity index (χ0n) is 13.0. The van der Waals surface area contributed by atoms with Crippen molar-refractivity contribution >= 4 is 17.8 Å². The van der Waals surface area contributed by atoms with E-state index in [0.29, 0.717) is 5.56 Å². The summed E-state index contributed by atoms with van der Waals surface area (Å²) in [6.07, 6.45) is 5.71. The zero-order chi connectivity index (χ0) is 16.2. The molecular weight excluding hydrogens is 294 g/mol. The summed E-state index contributed by atoms with van der Waals surface area (Å²) in [5.74, 6) is -0.285. The molecule has 4 amide bonds. The maximum absolute atomic E-state index is 12.2. The first-order valence-corrected chi connectivity index (χ1v) is 8.11. The van der Waals surface area contributed by atoms with Crippen molar-refractivity contribution in [2.75, 3.05) is 6.54 Å². The zero-order valence-corrected chi connectivity index (χ0v) is 13.0. The molecule has 6 heteroatoms. The van der Waals surface area contributed by atoms with Crippen LogP contribution >= 0.6 is 0 Å². The topological polar surface area (TPSA) is 78.5 Å². The third-order valence-electron chi connectivity index (χ3n) is 4.43. The average molecular weight is 315 g/mol. The second-order valence-electron chi connectivity index (χ2n) is 6.14. The quantitative estimate of drug-likeness (QED) is 0.832. The number of benzene rings is 1. The van der Waals surface area contributed by atoms with Crippen molar-refractivity contribution in [1.29, 1.82) is 0 Å². The smallest absolute Gasteiger partial charge is 0.324 e. The number of imide groups is 1. The van der Waals surface area contributed by atoms with E-state index in [1.807, 2.05) is 0 Å². The number of carbonyl (C=O) groups excluding carboxylic acids is 3. The minimum Gasteiger partial charge on any atom is -0.349 e. The lowest BCUT2D eigenvalue weighted by molar-refractivity contribution is -0.125. The van der Waals surface area contributed by atoms with Gasteiger partial charge < -0.3 is 10.6 Å². The Morgan fingerprint density at radius 1 is 1.13 bits per heavy atom. The van der Waals surface area contributed by atoms with E-state index >= 15 is 0 Å². The number of urea groups is 1. The average Bonchev–Trinajstić information content (AvgIpc) is 2.88. The third kappa shape index (κ3) is 3.70.